The van der Waals surface area contributed by atoms with E-state index in [2.05, 4.69) is 31.3 Å². The number of esters is 1. The van der Waals surface area contributed by atoms with Crippen LogP contribution in [0.4, 0.5) is 0 Å². The van der Waals surface area contributed by atoms with Crippen molar-refractivity contribution in [3.63, 3.8) is 0 Å². The molecule has 0 aromatic carbocycles. The second-order valence-electron chi connectivity index (χ2n) is 20.3. The number of ether oxygens (including phenoxy) is 3. The van der Waals surface area contributed by atoms with Gasteiger partial charge in [0.2, 0.25) is 5.91 Å². The van der Waals surface area contributed by atoms with Crippen LogP contribution >= 0.6 is 0 Å². The molecule has 0 aromatic rings. The summed E-state index contributed by atoms with van der Waals surface area (Å²) in [5, 5.41) is 54.2. The van der Waals surface area contributed by atoms with Gasteiger partial charge in [-0.15, -0.1) is 0 Å². The van der Waals surface area contributed by atoms with Crippen molar-refractivity contribution in [2.75, 3.05) is 19.8 Å². The molecule has 11 nitrogen and oxygen atoms in total. The summed E-state index contributed by atoms with van der Waals surface area (Å²) in [5.74, 6) is -0.197. The Morgan fingerprint density at radius 3 is 1.39 bits per heavy atom. The number of rotatable bonds is 50. The summed E-state index contributed by atoms with van der Waals surface area (Å²) in [6.07, 6.45) is 47.1. The number of amides is 1. The van der Waals surface area contributed by atoms with Gasteiger partial charge in [0, 0.05) is 12.8 Å². The number of aliphatic hydroxyl groups excluding tert-OH is 5. The molecule has 1 rings (SSSR count). The maximum atomic E-state index is 13.0. The summed E-state index contributed by atoms with van der Waals surface area (Å²) < 4.78 is 16.7. The monoisotopic (exact) mass is 980 g/mol. The molecule has 1 fully saturated rings. The SMILES string of the molecule is CCCCCCCCC/C=C/C(O)C(COC1OC(CO)C(O)C(O)C1O)NC(=O)CCCCCCCCC/C=C\CCCCCCCCCCCCOC(=O)CCCCCCCCCCCCC. The molecule has 1 aliphatic heterocycles. The summed E-state index contributed by atoms with van der Waals surface area (Å²) in [6, 6.07) is -0.813. The first-order chi connectivity index (χ1) is 33.7. The lowest BCUT2D eigenvalue weighted by Crippen LogP contribution is -2.60. The fourth-order valence-electron chi connectivity index (χ4n) is 9.13. The summed E-state index contributed by atoms with van der Waals surface area (Å²) in [5.41, 5.74) is 0. The zero-order chi connectivity index (χ0) is 50.3. The summed E-state index contributed by atoms with van der Waals surface area (Å²) in [4.78, 5) is 25.0. The number of carbonyl (C=O) groups excluding carboxylic acids is 2. The van der Waals surface area contributed by atoms with Crippen LogP contribution in [0.15, 0.2) is 24.3 Å². The number of hydrogen-bond acceptors (Lipinski definition) is 10. The van der Waals surface area contributed by atoms with Gasteiger partial charge in [0.05, 0.1) is 32.0 Å². The molecule has 0 aliphatic carbocycles. The van der Waals surface area contributed by atoms with Crippen LogP contribution in [0, 0.1) is 0 Å². The smallest absolute Gasteiger partial charge is 0.305 e. The lowest BCUT2D eigenvalue weighted by molar-refractivity contribution is -0.302. The van der Waals surface area contributed by atoms with E-state index in [1.165, 1.54) is 167 Å². The Kier molecular flexibility index (Phi) is 45.7. The Balaban J connectivity index is 2.04. The van der Waals surface area contributed by atoms with Crippen LogP contribution in [0.2, 0.25) is 0 Å². The topological polar surface area (TPSA) is 175 Å². The molecule has 7 unspecified atom stereocenters. The molecule has 1 amide bonds. The highest BCUT2D eigenvalue weighted by Crippen LogP contribution is 2.23. The van der Waals surface area contributed by atoms with Gasteiger partial charge in [-0.2, -0.15) is 0 Å². The Morgan fingerprint density at radius 1 is 0.522 bits per heavy atom. The second kappa shape index (κ2) is 48.4. The van der Waals surface area contributed by atoms with E-state index in [-0.39, 0.29) is 18.5 Å². The van der Waals surface area contributed by atoms with Crippen LogP contribution in [0.1, 0.15) is 271 Å². The van der Waals surface area contributed by atoms with Crippen molar-refractivity contribution in [3.05, 3.63) is 24.3 Å². The van der Waals surface area contributed by atoms with Gasteiger partial charge in [0.25, 0.3) is 0 Å². The average Bonchev–Trinajstić information content (AvgIpc) is 3.34. The minimum atomic E-state index is -1.57. The molecule has 0 bridgehead atoms. The first kappa shape index (κ1) is 65.2. The molecule has 1 aliphatic rings. The largest absolute Gasteiger partial charge is 0.466 e. The van der Waals surface area contributed by atoms with E-state index in [9.17, 15) is 35.1 Å². The zero-order valence-corrected chi connectivity index (χ0v) is 44.5. The highest BCUT2D eigenvalue weighted by molar-refractivity contribution is 5.76. The van der Waals surface area contributed by atoms with Gasteiger partial charge in [-0.3, -0.25) is 9.59 Å². The van der Waals surface area contributed by atoms with Crippen LogP contribution in [0.5, 0.6) is 0 Å². The quantitative estimate of drug-likeness (QED) is 0.0196. The van der Waals surface area contributed by atoms with Crippen LogP contribution in [0.25, 0.3) is 0 Å². The Morgan fingerprint density at radius 2 is 0.928 bits per heavy atom. The third-order valence-electron chi connectivity index (χ3n) is 13.8. The molecular formula is C58H109NO10. The summed E-state index contributed by atoms with van der Waals surface area (Å²) in [6.45, 7) is 4.30. The van der Waals surface area contributed by atoms with E-state index < -0.39 is 49.5 Å². The molecule has 406 valence electrons. The normalized spacial score (nSPS) is 19.4. The maximum absolute atomic E-state index is 13.0. The molecule has 0 spiro atoms. The van der Waals surface area contributed by atoms with Crippen molar-refractivity contribution in [1.29, 1.82) is 0 Å². The zero-order valence-electron chi connectivity index (χ0n) is 44.5. The van der Waals surface area contributed by atoms with E-state index in [4.69, 9.17) is 14.2 Å². The molecule has 0 radical (unpaired) electrons. The van der Waals surface area contributed by atoms with Crippen LogP contribution in [-0.2, 0) is 23.8 Å². The van der Waals surface area contributed by atoms with Gasteiger partial charge >= 0.3 is 5.97 Å². The van der Waals surface area contributed by atoms with E-state index in [1.807, 2.05) is 6.08 Å². The number of allylic oxidation sites excluding steroid dienone is 3. The third-order valence-corrected chi connectivity index (χ3v) is 13.8. The molecule has 6 N–H and O–H groups in total. The molecule has 1 saturated heterocycles. The highest BCUT2D eigenvalue weighted by Gasteiger charge is 2.44. The van der Waals surface area contributed by atoms with Gasteiger partial charge in [-0.1, -0.05) is 224 Å². The number of aliphatic hydroxyl groups is 5. The van der Waals surface area contributed by atoms with E-state index in [1.54, 1.807) is 6.08 Å². The lowest BCUT2D eigenvalue weighted by atomic mass is 9.99. The van der Waals surface area contributed by atoms with Crippen molar-refractivity contribution in [2.24, 2.45) is 0 Å². The van der Waals surface area contributed by atoms with Crippen LogP contribution < -0.4 is 5.32 Å². The molecule has 0 saturated carbocycles. The second-order valence-corrected chi connectivity index (χ2v) is 20.3. The molecule has 7 atom stereocenters. The maximum Gasteiger partial charge on any atom is 0.305 e. The van der Waals surface area contributed by atoms with Crippen molar-refractivity contribution in [2.45, 2.75) is 314 Å². The predicted molar refractivity (Wildman–Crippen MR) is 283 cm³/mol. The molecule has 0 aromatic heterocycles. The van der Waals surface area contributed by atoms with Crippen LogP contribution in [-0.4, -0.2) is 100 Å². The van der Waals surface area contributed by atoms with Crippen molar-refractivity contribution in [1.82, 2.24) is 5.32 Å². The number of unbranched alkanes of at least 4 members (excludes halogenated alkanes) is 34. The first-order valence-corrected chi connectivity index (χ1v) is 29.1. The van der Waals surface area contributed by atoms with Crippen molar-refractivity contribution < 1.29 is 49.3 Å². The van der Waals surface area contributed by atoms with Crippen molar-refractivity contribution in [3.8, 4) is 0 Å². The summed E-state index contributed by atoms with van der Waals surface area (Å²) in [7, 11) is 0. The van der Waals surface area contributed by atoms with Gasteiger partial charge in [-0.05, 0) is 57.8 Å². The fraction of sp³-hybridized carbons (Fsp3) is 0.897. The Hall–Kier alpha value is -1.86. The highest BCUT2D eigenvalue weighted by atomic mass is 16.7. The van der Waals surface area contributed by atoms with Crippen molar-refractivity contribution >= 4 is 11.9 Å². The van der Waals surface area contributed by atoms with Gasteiger partial charge in [0.1, 0.15) is 24.4 Å². The number of hydrogen-bond donors (Lipinski definition) is 6. The minimum Gasteiger partial charge on any atom is -0.466 e. The molecule has 69 heavy (non-hydrogen) atoms. The Bertz CT molecular complexity index is 1200. The molecule has 1 heterocycles. The molecular weight excluding hydrogens is 871 g/mol. The fourth-order valence-corrected chi connectivity index (χ4v) is 9.13. The Labute approximate surface area is 422 Å². The summed E-state index contributed by atoms with van der Waals surface area (Å²) >= 11 is 0. The standard InChI is InChI=1S/C58H109NO10/c1-3-5-7-9-11-13-25-30-34-38-42-46-54(63)67-47-43-39-35-31-27-24-22-20-18-16-14-15-17-19-21-23-26-29-33-37-41-45-53(62)59-50(51(61)44-40-36-32-28-12-10-8-6-4-2)49-68-58-57(66)56(65)55(64)52(48-60)69-58/h15,17,40,44,50-52,55-58,60-61,64-66H,3-14,16,18-39,41-43,45-49H2,1-2H3,(H,59,62)/b17-15-,44-40+. The number of nitrogens with one attached hydrogen (secondary N) is 1. The number of carbonyl (C=O) groups is 2. The average molecular weight is 981 g/mol. The third kappa shape index (κ3) is 38.4. The lowest BCUT2D eigenvalue weighted by Gasteiger charge is -2.40. The van der Waals surface area contributed by atoms with Crippen LogP contribution in [0.3, 0.4) is 0 Å². The van der Waals surface area contributed by atoms with Gasteiger partial charge in [-0.25, -0.2) is 0 Å². The van der Waals surface area contributed by atoms with E-state index in [0.717, 1.165) is 77.0 Å². The van der Waals surface area contributed by atoms with Gasteiger partial charge in [0.15, 0.2) is 6.29 Å². The van der Waals surface area contributed by atoms with E-state index in [0.29, 0.717) is 19.4 Å². The minimum absolute atomic E-state index is 0.00546. The first-order valence-electron chi connectivity index (χ1n) is 29.1. The predicted octanol–water partition coefficient (Wildman–Crippen LogP) is 12.9. The van der Waals surface area contributed by atoms with Gasteiger partial charge < -0.3 is 45.1 Å². The van der Waals surface area contributed by atoms with E-state index >= 15 is 0 Å². The molecule has 11 heteroatoms.